The molecule has 0 radical (unpaired) electrons. The first-order chi connectivity index (χ1) is 9.06. The molecular weight excluding hydrogens is 262 g/mol. The number of imidazole rings is 1. The lowest BCUT2D eigenvalue weighted by molar-refractivity contribution is -0.385. The van der Waals surface area contributed by atoms with Crippen molar-refractivity contribution in [3.8, 4) is 11.3 Å². The van der Waals surface area contributed by atoms with Gasteiger partial charge in [0.2, 0.25) is 0 Å². The Labute approximate surface area is 113 Å². The maximum absolute atomic E-state index is 11.0. The monoisotopic (exact) mass is 273 g/mol. The van der Waals surface area contributed by atoms with Crippen LogP contribution in [0.1, 0.15) is 11.3 Å². The van der Waals surface area contributed by atoms with Crippen LogP contribution in [0.5, 0.6) is 0 Å². The summed E-state index contributed by atoms with van der Waals surface area (Å²) in [7, 11) is 0. The summed E-state index contributed by atoms with van der Waals surface area (Å²) in [6, 6.07) is 5.20. The zero-order chi connectivity index (χ0) is 13.6. The average molecular weight is 273 g/mol. The van der Waals surface area contributed by atoms with Crippen molar-refractivity contribution in [2.75, 3.05) is 0 Å². The van der Waals surface area contributed by atoms with E-state index in [0.717, 1.165) is 21.9 Å². The van der Waals surface area contributed by atoms with Crippen LogP contribution in [0.3, 0.4) is 0 Å². The molecule has 0 aliphatic heterocycles. The molecule has 19 heavy (non-hydrogen) atoms. The Morgan fingerprint density at radius 3 is 2.84 bits per heavy atom. The van der Waals surface area contributed by atoms with Crippen LogP contribution in [0.4, 0.5) is 5.69 Å². The summed E-state index contributed by atoms with van der Waals surface area (Å²) in [6.45, 7) is 3.74. The summed E-state index contributed by atoms with van der Waals surface area (Å²) in [5.41, 5.74) is 3.43. The molecule has 0 spiro atoms. The molecule has 2 aromatic heterocycles. The minimum Gasteiger partial charge on any atom is -0.294 e. The molecule has 0 aliphatic rings. The molecule has 1 aromatic carbocycles. The summed E-state index contributed by atoms with van der Waals surface area (Å²) in [5.74, 6) is 0. The molecule has 0 unspecified atom stereocenters. The number of nitro benzene ring substituents is 1. The van der Waals surface area contributed by atoms with Crippen LogP contribution in [-0.4, -0.2) is 14.3 Å². The number of aryl methyl sites for hydroxylation is 2. The molecule has 6 heteroatoms. The molecule has 3 aromatic rings. The smallest absolute Gasteiger partial charge is 0.272 e. The number of fused-ring (bicyclic) bond motifs is 1. The highest BCUT2D eigenvalue weighted by Gasteiger charge is 2.14. The number of rotatable bonds is 2. The van der Waals surface area contributed by atoms with Crippen molar-refractivity contribution in [3.05, 3.63) is 51.1 Å². The van der Waals surface area contributed by atoms with E-state index >= 15 is 0 Å². The second-order valence-corrected chi connectivity index (χ2v) is 5.25. The number of nitrogens with zero attached hydrogens (tertiary/aromatic N) is 3. The Bertz CT molecular complexity index is 788. The van der Waals surface area contributed by atoms with Crippen molar-refractivity contribution in [2.45, 2.75) is 13.8 Å². The Morgan fingerprint density at radius 2 is 2.16 bits per heavy atom. The Hall–Kier alpha value is -2.21. The molecule has 96 valence electrons. The quantitative estimate of drug-likeness (QED) is 0.529. The highest BCUT2D eigenvalue weighted by atomic mass is 32.1. The number of thiazole rings is 1. The lowest BCUT2D eigenvalue weighted by Crippen LogP contribution is -1.92. The molecule has 0 N–H and O–H groups in total. The number of benzene rings is 1. The second-order valence-electron chi connectivity index (χ2n) is 4.41. The summed E-state index contributed by atoms with van der Waals surface area (Å²) in [6.07, 6.45) is 1.91. The molecule has 0 bridgehead atoms. The van der Waals surface area contributed by atoms with Crippen LogP contribution in [-0.2, 0) is 0 Å². The van der Waals surface area contributed by atoms with Crippen molar-refractivity contribution in [1.82, 2.24) is 9.38 Å². The van der Waals surface area contributed by atoms with E-state index in [1.165, 1.54) is 0 Å². The molecule has 0 atom stereocenters. The van der Waals surface area contributed by atoms with Gasteiger partial charge in [-0.3, -0.25) is 14.5 Å². The summed E-state index contributed by atoms with van der Waals surface area (Å²) < 4.78 is 1.99. The minimum atomic E-state index is -0.359. The van der Waals surface area contributed by atoms with Crippen LogP contribution in [0.25, 0.3) is 16.2 Å². The number of hydrogen-bond donors (Lipinski definition) is 0. The van der Waals surface area contributed by atoms with Crippen molar-refractivity contribution in [3.63, 3.8) is 0 Å². The van der Waals surface area contributed by atoms with Crippen molar-refractivity contribution in [2.24, 2.45) is 0 Å². The van der Waals surface area contributed by atoms with Gasteiger partial charge in [-0.05, 0) is 13.8 Å². The van der Waals surface area contributed by atoms with Gasteiger partial charge in [-0.15, -0.1) is 11.3 Å². The van der Waals surface area contributed by atoms with Gasteiger partial charge in [0, 0.05) is 34.5 Å². The third kappa shape index (κ3) is 1.90. The summed E-state index contributed by atoms with van der Waals surface area (Å²) in [4.78, 5) is 16.0. The van der Waals surface area contributed by atoms with E-state index in [0.29, 0.717) is 5.56 Å². The van der Waals surface area contributed by atoms with Gasteiger partial charge in [0.25, 0.3) is 5.69 Å². The first-order valence-corrected chi connectivity index (χ1v) is 6.63. The third-order valence-corrected chi connectivity index (χ3v) is 4.05. The first kappa shape index (κ1) is 11.9. The third-order valence-electron chi connectivity index (χ3n) is 3.09. The molecule has 5 nitrogen and oxygen atoms in total. The molecule has 3 rings (SSSR count). The van der Waals surface area contributed by atoms with E-state index in [9.17, 15) is 10.1 Å². The molecule has 0 saturated carbocycles. The van der Waals surface area contributed by atoms with Crippen LogP contribution in [0, 0.1) is 24.0 Å². The SMILES string of the molecule is Cc1ccc(-c2cn3c(C)csc3n2)cc1[N+](=O)[O-]. The fraction of sp³-hybridized carbons (Fsp3) is 0.154. The van der Waals surface area contributed by atoms with E-state index in [2.05, 4.69) is 4.98 Å². The fourth-order valence-electron chi connectivity index (χ4n) is 2.00. The Morgan fingerprint density at radius 1 is 1.37 bits per heavy atom. The predicted octanol–water partition coefficient (Wildman–Crippen LogP) is 3.59. The van der Waals surface area contributed by atoms with Crippen molar-refractivity contribution in [1.29, 1.82) is 0 Å². The molecule has 0 fully saturated rings. The van der Waals surface area contributed by atoms with Gasteiger partial charge < -0.3 is 0 Å². The molecule has 0 aliphatic carbocycles. The lowest BCUT2D eigenvalue weighted by atomic mass is 10.1. The van der Waals surface area contributed by atoms with Crippen LogP contribution >= 0.6 is 11.3 Å². The standard InChI is InChI=1S/C13H11N3O2S/c1-8-3-4-10(5-12(8)16(17)18)11-6-15-9(2)7-19-13(15)14-11/h3-7H,1-2H3. The van der Waals surface area contributed by atoms with Crippen LogP contribution < -0.4 is 0 Å². The molecule has 2 heterocycles. The summed E-state index contributed by atoms with van der Waals surface area (Å²) >= 11 is 1.56. The topological polar surface area (TPSA) is 60.4 Å². The van der Waals surface area contributed by atoms with Gasteiger partial charge in [-0.1, -0.05) is 12.1 Å². The minimum absolute atomic E-state index is 0.130. The van der Waals surface area contributed by atoms with Gasteiger partial charge in [0.05, 0.1) is 10.6 Å². The average Bonchev–Trinajstić information content (AvgIpc) is 2.92. The van der Waals surface area contributed by atoms with Gasteiger partial charge in [0.1, 0.15) is 0 Å². The maximum atomic E-state index is 11.0. The molecule has 0 amide bonds. The van der Waals surface area contributed by atoms with Gasteiger partial charge >= 0.3 is 0 Å². The van der Waals surface area contributed by atoms with Crippen molar-refractivity contribution >= 4 is 22.0 Å². The van der Waals surface area contributed by atoms with Crippen molar-refractivity contribution < 1.29 is 4.92 Å². The number of nitro groups is 1. The second kappa shape index (κ2) is 4.17. The zero-order valence-electron chi connectivity index (χ0n) is 10.5. The normalized spacial score (nSPS) is 11.1. The van der Waals surface area contributed by atoms with Gasteiger partial charge in [0.15, 0.2) is 4.96 Å². The van der Waals surface area contributed by atoms with Gasteiger partial charge in [-0.25, -0.2) is 4.98 Å². The van der Waals surface area contributed by atoms with E-state index in [1.807, 2.05) is 29.0 Å². The predicted molar refractivity (Wildman–Crippen MR) is 74.6 cm³/mol. The van der Waals surface area contributed by atoms with Crippen LogP contribution in [0.15, 0.2) is 29.8 Å². The molecular formula is C13H11N3O2S. The Kier molecular flexibility index (Phi) is 2.60. The fourth-order valence-corrected chi connectivity index (χ4v) is 2.85. The number of aromatic nitrogens is 2. The largest absolute Gasteiger partial charge is 0.294 e. The maximum Gasteiger partial charge on any atom is 0.272 e. The van der Waals surface area contributed by atoms with E-state index in [-0.39, 0.29) is 10.6 Å². The van der Waals surface area contributed by atoms with Crippen LogP contribution in [0.2, 0.25) is 0 Å². The number of hydrogen-bond acceptors (Lipinski definition) is 4. The summed E-state index contributed by atoms with van der Waals surface area (Å²) in [5, 5.41) is 13.0. The van der Waals surface area contributed by atoms with E-state index in [4.69, 9.17) is 0 Å². The lowest BCUT2D eigenvalue weighted by Gasteiger charge is -2.00. The zero-order valence-corrected chi connectivity index (χ0v) is 11.3. The highest BCUT2D eigenvalue weighted by molar-refractivity contribution is 7.15. The molecule has 0 saturated heterocycles. The van der Waals surface area contributed by atoms with E-state index in [1.54, 1.807) is 30.4 Å². The van der Waals surface area contributed by atoms with E-state index < -0.39 is 0 Å². The first-order valence-electron chi connectivity index (χ1n) is 5.75. The van der Waals surface area contributed by atoms with Gasteiger partial charge in [-0.2, -0.15) is 0 Å². The highest BCUT2D eigenvalue weighted by Crippen LogP contribution is 2.28. The Balaban J connectivity index is 2.15.